The molecule has 0 fully saturated rings. The first-order valence-electron chi connectivity index (χ1n) is 1.32. The maximum absolute atomic E-state index is 9.66. The van der Waals surface area contributed by atoms with Crippen molar-refractivity contribution in [2.24, 2.45) is 0 Å². The third kappa shape index (κ3) is 4.03. The molecule has 2 nitrogen and oxygen atoms in total. The number of ether oxygens (including phenoxy) is 1. The van der Waals surface area contributed by atoms with Gasteiger partial charge in [-0.3, -0.25) is 0 Å². The molecule has 0 aliphatic heterocycles. The van der Waals surface area contributed by atoms with Gasteiger partial charge in [0.2, 0.25) is 5.97 Å². The Labute approximate surface area is 36.1 Å². The monoisotopic (exact) mass is 350 g/mol. The van der Waals surface area contributed by atoms with Gasteiger partial charge in [-0.05, 0) is 0 Å². The third-order valence-corrected chi connectivity index (χ3v) is 0.287. The van der Waals surface area contributed by atoms with E-state index in [1.807, 2.05) is 0 Å². The number of rotatable bonds is 0. The van der Waals surface area contributed by atoms with Gasteiger partial charge in [-0.1, -0.05) is 0 Å². The Kier molecular flexibility index (Phi) is 5.12. The van der Waals surface area contributed by atoms with Crippen molar-refractivity contribution in [2.45, 2.75) is 0 Å². The molecule has 0 rings (SSSR count). The van der Waals surface area contributed by atoms with Crippen molar-refractivity contribution in [2.75, 3.05) is 7.11 Å². The van der Waals surface area contributed by atoms with Gasteiger partial charge >= 0.3 is 0 Å². The fourth-order valence-corrected chi connectivity index (χ4v) is 0.0510. The zero-order valence-corrected chi connectivity index (χ0v) is 10.4. The standard InChI is InChI=1S/C4H3O2.Rf/c1-3-4(5)6-2;/h2H3;/q-1;. The van der Waals surface area contributed by atoms with E-state index in [4.69, 9.17) is 6.42 Å². The number of esters is 1. The minimum atomic E-state index is -0.741. The number of methoxy groups -OCH3 is 1. The number of hydrogen-bond donors (Lipinski definition) is 0. The molecular weight excluding hydrogens is 347 g/mol. The summed E-state index contributed by atoms with van der Waals surface area (Å²) >= 11 is 0. The predicted molar refractivity (Wildman–Crippen MR) is 19.1 cm³/mol. The first-order valence-corrected chi connectivity index (χ1v) is 1.32. The molecule has 0 aliphatic carbocycles. The molecule has 0 aromatic rings. The third-order valence-electron chi connectivity index (χ3n) is 0.287. The van der Waals surface area contributed by atoms with Crippen molar-refractivity contribution < 1.29 is 9.53 Å². The van der Waals surface area contributed by atoms with Crippen LogP contribution in [0.2, 0.25) is 0 Å². The van der Waals surface area contributed by atoms with Gasteiger partial charge in [-0.25, -0.2) is 5.92 Å². The van der Waals surface area contributed by atoms with Gasteiger partial charge in [0.15, 0.2) is 0 Å². The maximum Gasteiger partial charge on any atom is 0.217 e. The molecule has 7 heavy (non-hydrogen) atoms. The minimum absolute atomic E-state index is 0. The Morgan fingerprint density at radius 3 is 2.29 bits per heavy atom. The largest absolute Gasteiger partial charge is 0.544 e. The summed E-state index contributed by atoms with van der Waals surface area (Å²) in [6.45, 7) is 0. The summed E-state index contributed by atoms with van der Waals surface area (Å²) in [5.41, 5.74) is 0. The molecule has 0 spiro atoms. The summed E-state index contributed by atoms with van der Waals surface area (Å²) in [6.07, 6.45) is 6.08. The molecule has 0 bridgehead atoms. The van der Waals surface area contributed by atoms with Crippen LogP contribution in [0.25, 0.3) is 0 Å². The molecule has 0 atom stereocenters. The second-order valence-electron chi connectivity index (χ2n) is 0.617. The van der Waals surface area contributed by atoms with Crippen LogP contribution >= 0.6 is 0 Å². The molecule has 0 saturated carbocycles. The SMILES string of the molecule is [C-]#CC(=O)OC.[Rf]. The molecule has 0 aromatic heterocycles. The first-order chi connectivity index (χ1) is 2.81. The van der Waals surface area contributed by atoms with Gasteiger partial charge in [0.1, 0.15) is 0 Å². The fourth-order valence-electron chi connectivity index (χ4n) is 0.0510. The Morgan fingerprint density at radius 2 is 2.29 bits per heavy atom. The van der Waals surface area contributed by atoms with Crippen molar-refractivity contribution in [3.63, 3.8) is 0 Å². The number of carbonyl (C=O) groups is 1. The zero-order chi connectivity index (χ0) is 4.99. The van der Waals surface area contributed by atoms with Crippen molar-refractivity contribution in [1.29, 1.82) is 0 Å². The van der Waals surface area contributed by atoms with Crippen molar-refractivity contribution in [3.05, 3.63) is 6.42 Å². The van der Waals surface area contributed by atoms with Crippen LogP contribution in [0.15, 0.2) is 0 Å². The molecule has 0 unspecified atom stereocenters. The van der Waals surface area contributed by atoms with Crippen LogP contribution in [-0.2, 0) is 9.53 Å². The second-order valence-corrected chi connectivity index (χ2v) is 0.617. The van der Waals surface area contributed by atoms with E-state index in [9.17, 15) is 4.79 Å². The van der Waals surface area contributed by atoms with E-state index < -0.39 is 5.97 Å². The average molecular weight is 350 g/mol. The maximum atomic E-state index is 9.66. The smallest absolute Gasteiger partial charge is 0.217 e. The predicted octanol–water partition coefficient (Wildman–Crippen LogP) is -0.251. The van der Waals surface area contributed by atoms with Crippen LogP contribution in [0.1, 0.15) is 0 Å². The molecule has 3 heteroatoms. The van der Waals surface area contributed by atoms with E-state index in [-0.39, 0.29) is 0 Å². The van der Waals surface area contributed by atoms with Gasteiger partial charge in [-0.2, -0.15) is 0 Å². The van der Waals surface area contributed by atoms with Crippen LogP contribution in [0.4, 0.5) is 0 Å². The molecule has 34 valence electrons. The average Bonchev–Trinajstić information content (AvgIpc) is 1.65. The minimum Gasteiger partial charge on any atom is -0.544 e. The van der Waals surface area contributed by atoms with E-state index in [0.29, 0.717) is 0 Å². The Balaban J connectivity index is 0. The quantitative estimate of drug-likeness (QED) is 0.342. The number of carbonyl (C=O) groups excluding carboxylic acids is 1. The molecule has 0 heterocycles. The van der Waals surface area contributed by atoms with Crippen molar-refractivity contribution in [3.8, 4) is 5.92 Å². The first kappa shape index (κ1) is 8.90. The van der Waals surface area contributed by atoms with E-state index in [1.54, 1.807) is 0 Å². The topological polar surface area (TPSA) is 26.3 Å². The number of hydrogen-bond acceptors (Lipinski definition) is 2. The van der Waals surface area contributed by atoms with Crippen LogP contribution in [0.5, 0.6) is 0 Å². The summed E-state index contributed by atoms with van der Waals surface area (Å²) in [4.78, 5) is 9.66. The summed E-state index contributed by atoms with van der Waals surface area (Å²) in [7, 11) is 1.20. The van der Waals surface area contributed by atoms with Crippen LogP contribution in [0.3, 0.4) is 0 Å². The van der Waals surface area contributed by atoms with Gasteiger partial charge < -0.3 is 16.0 Å². The van der Waals surface area contributed by atoms with Crippen molar-refractivity contribution >= 4 is 5.97 Å². The molecule has 0 radical (unpaired) electrons. The van der Waals surface area contributed by atoms with Crippen LogP contribution < -0.4 is 0 Å². The van der Waals surface area contributed by atoms with E-state index in [1.165, 1.54) is 13.0 Å². The molecule has 0 aromatic carbocycles. The van der Waals surface area contributed by atoms with Crippen LogP contribution in [-0.4, -0.2) is 13.1 Å². The van der Waals surface area contributed by atoms with Crippen molar-refractivity contribution in [1.82, 2.24) is 0 Å². The van der Waals surface area contributed by atoms with E-state index in [2.05, 4.69) is 4.74 Å². The second kappa shape index (κ2) is 4.03. The van der Waals surface area contributed by atoms with Gasteiger partial charge in [0.05, 0.1) is 7.11 Å². The van der Waals surface area contributed by atoms with E-state index >= 15 is 0 Å². The van der Waals surface area contributed by atoms with Gasteiger partial charge in [-0.15, -0.1) is 0 Å². The zero-order valence-electron chi connectivity index (χ0n) is 4.02. The van der Waals surface area contributed by atoms with Crippen LogP contribution in [0, 0.1) is 12.3 Å². The summed E-state index contributed by atoms with van der Waals surface area (Å²) < 4.78 is 3.96. The molecular formula is C4H3O2Rf-. The molecule has 0 amide bonds. The summed E-state index contributed by atoms with van der Waals surface area (Å²) in [6, 6.07) is 0. The van der Waals surface area contributed by atoms with Gasteiger partial charge in [0, 0.05) is 0 Å². The fraction of sp³-hybridized carbons (Fsp3) is 0.250. The van der Waals surface area contributed by atoms with E-state index in [0.717, 1.165) is 0 Å². The summed E-state index contributed by atoms with van der Waals surface area (Å²) in [5, 5.41) is 0. The Morgan fingerprint density at radius 1 is 1.86 bits per heavy atom. The Hall–Kier alpha value is -1.97. The normalized spacial score (nSPS) is 5.14. The molecule has 0 aliphatic rings. The van der Waals surface area contributed by atoms with Gasteiger partial charge in [0.25, 0.3) is 0 Å². The summed E-state index contributed by atoms with van der Waals surface area (Å²) in [5.74, 6) is 0.763. The Bertz CT molecular complexity index is 92.4. The molecule has 0 saturated heterocycles. The molecule has 0 N–H and O–H groups in total.